The first-order valence-corrected chi connectivity index (χ1v) is 6.70. The summed E-state index contributed by atoms with van der Waals surface area (Å²) < 4.78 is 27.8. The first kappa shape index (κ1) is 13.7. The first-order chi connectivity index (χ1) is 7.82. The van der Waals surface area contributed by atoms with Crippen molar-refractivity contribution in [3.8, 4) is 0 Å². The van der Waals surface area contributed by atoms with Gasteiger partial charge < -0.3 is 4.74 Å². The summed E-state index contributed by atoms with van der Waals surface area (Å²) in [6.07, 6.45) is -0.393. The van der Waals surface area contributed by atoms with E-state index in [1.54, 1.807) is 32.0 Å². The van der Waals surface area contributed by atoms with Crippen molar-refractivity contribution in [2.24, 2.45) is 5.14 Å². The number of hydrogen-bond donors (Lipinski definition) is 1. The number of nitrogens with two attached hydrogens (primary N) is 1. The molecule has 0 radical (unpaired) electrons. The van der Waals surface area contributed by atoms with Crippen LogP contribution < -0.4 is 5.14 Å². The van der Waals surface area contributed by atoms with E-state index in [-0.39, 0.29) is 0 Å². The molecule has 0 aliphatic rings. The van der Waals surface area contributed by atoms with Crippen molar-refractivity contribution in [2.75, 3.05) is 0 Å². The highest BCUT2D eigenvalue weighted by Crippen LogP contribution is 2.22. The summed E-state index contributed by atoms with van der Waals surface area (Å²) in [5, 5.41) is 3.59. The summed E-state index contributed by atoms with van der Waals surface area (Å²) in [7, 11) is -4.04. The van der Waals surface area contributed by atoms with Gasteiger partial charge in [-0.2, -0.15) is 0 Å². The van der Waals surface area contributed by atoms with Crippen LogP contribution in [0.5, 0.6) is 0 Å². The quantitative estimate of drug-likeness (QED) is 0.814. The van der Waals surface area contributed by atoms with Crippen LogP contribution in [0.25, 0.3) is 0 Å². The molecule has 1 atom stereocenters. The van der Waals surface area contributed by atoms with E-state index in [2.05, 4.69) is 0 Å². The lowest BCUT2D eigenvalue weighted by molar-refractivity contribution is -0.147. The SMILES string of the molecule is CC(C)OC(=O)C(c1ccccc1)S(N)(=O)=O. The van der Waals surface area contributed by atoms with Crippen molar-refractivity contribution < 1.29 is 17.9 Å². The van der Waals surface area contributed by atoms with Gasteiger partial charge in [0.15, 0.2) is 5.25 Å². The van der Waals surface area contributed by atoms with Crippen molar-refractivity contribution in [2.45, 2.75) is 25.2 Å². The van der Waals surface area contributed by atoms with Crippen LogP contribution in [-0.2, 0) is 19.6 Å². The molecular formula is C11H15NO4S. The van der Waals surface area contributed by atoms with E-state index in [0.29, 0.717) is 5.56 Å². The van der Waals surface area contributed by atoms with Gasteiger partial charge in [0.2, 0.25) is 10.0 Å². The Morgan fingerprint density at radius 3 is 2.18 bits per heavy atom. The number of ether oxygens (including phenoxy) is 1. The van der Waals surface area contributed by atoms with E-state index in [1.807, 2.05) is 0 Å². The predicted octanol–water partition coefficient (Wildman–Crippen LogP) is 0.968. The van der Waals surface area contributed by atoms with Gasteiger partial charge in [-0.1, -0.05) is 30.3 Å². The van der Waals surface area contributed by atoms with Crippen LogP contribution in [0.4, 0.5) is 0 Å². The van der Waals surface area contributed by atoms with E-state index >= 15 is 0 Å². The molecule has 6 heteroatoms. The van der Waals surface area contributed by atoms with Gasteiger partial charge in [0.1, 0.15) is 0 Å². The number of primary sulfonamides is 1. The second kappa shape index (κ2) is 5.29. The van der Waals surface area contributed by atoms with E-state index < -0.39 is 27.3 Å². The van der Waals surface area contributed by atoms with Crippen LogP contribution in [0.15, 0.2) is 30.3 Å². The molecule has 1 aromatic rings. The van der Waals surface area contributed by atoms with Crippen molar-refractivity contribution >= 4 is 16.0 Å². The third kappa shape index (κ3) is 3.83. The Bertz CT molecular complexity index is 481. The molecule has 0 aliphatic heterocycles. The third-order valence-electron chi connectivity index (χ3n) is 2.00. The Balaban J connectivity index is 3.11. The van der Waals surface area contributed by atoms with Crippen molar-refractivity contribution in [3.63, 3.8) is 0 Å². The number of sulfonamides is 1. The monoisotopic (exact) mass is 257 g/mol. The molecule has 2 N–H and O–H groups in total. The van der Waals surface area contributed by atoms with Crippen LogP contribution in [0.1, 0.15) is 24.7 Å². The summed E-state index contributed by atoms with van der Waals surface area (Å²) in [6.45, 7) is 3.28. The maximum absolute atomic E-state index is 11.7. The number of rotatable bonds is 4. The van der Waals surface area contributed by atoms with Crippen LogP contribution in [-0.4, -0.2) is 20.5 Å². The lowest BCUT2D eigenvalue weighted by Crippen LogP contribution is -2.31. The molecule has 0 amide bonds. The molecule has 0 fully saturated rings. The molecule has 1 aromatic carbocycles. The smallest absolute Gasteiger partial charge is 0.330 e. The van der Waals surface area contributed by atoms with Gasteiger partial charge in [0, 0.05) is 0 Å². The molecule has 1 unspecified atom stereocenters. The summed E-state index contributed by atoms with van der Waals surface area (Å²) >= 11 is 0. The van der Waals surface area contributed by atoms with Crippen molar-refractivity contribution in [3.05, 3.63) is 35.9 Å². The van der Waals surface area contributed by atoms with Gasteiger partial charge in [0.05, 0.1) is 6.10 Å². The normalized spacial score (nSPS) is 13.4. The van der Waals surface area contributed by atoms with Crippen molar-refractivity contribution in [1.29, 1.82) is 0 Å². The molecule has 1 rings (SSSR count). The second-order valence-corrected chi connectivity index (χ2v) is 5.51. The lowest BCUT2D eigenvalue weighted by atomic mass is 10.1. The van der Waals surface area contributed by atoms with Gasteiger partial charge in [-0.15, -0.1) is 0 Å². The number of carbonyl (C=O) groups excluding carboxylic acids is 1. The molecule has 94 valence electrons. The lowest BCUT2D eigenvalue weighted by Gasteiger charge is -2.16. The third-order valence-corrected chi connectivity index (χ3v) is 3.12. The zero-order valence-corrected chi connectivity index (χ0v) is 10.5. The topological polar surface area (TPSA) is 86.5 Å². The van der Waals surface area contributed by atoms with Crippen LogP contribution in [0.3, 0.4) is 0 Å². The predicted molar refractivity (Wildman–Crippen MR) is 63.5 cm³/mol. The highest BCUT2D eigenvalue weighted by molar-refractivity contribution is 7.90. The Morgan fingerprint density at radius 1 is 1.24 bits per heavy atom. The second-order valence-electron chi connectivity index (χ2n) is 3.87. The number of esters is 1. The zero-order valence-electron chi connectivity index (χ0n) is 9.66. The van der Waals surface area contributed by atoms with Crippen LogP contribution in [0.2, 0.25) is 0 Å². The molecule has 0 aliphatic carbocycles. The average Bonchev–Trinajstić information content (AvgIpc) is 2.15. The molecule has 0 aromatic heterocycles. The molecule has 0 spiro atoms. The maximum atomic E-state index is 11.7. The molecular weight excluding hydrogens is 242 g/mol. The number of carbonyl (C=O) groups is 1. The number of hydrogen-bond acceptors (Lipinski definition) is 4. The fourth-order valence-corrected chi connectivity index (χ4v) is 2.24. The highest BCUT2D eigenvalue weighted by Gasteiger charge is 2.33. The standard InChI is InChI=1S/C11H15NO4S/c1-8(2)16-11(13)10(17(12,14)15)9-6-4-3-5-7-9/h3-8,10H,1-2H3,(H2,12,14,15). The minimum atomic E-state index is -4.04. The first-order valence-electron chi connectivity index (χ1n) is 5.09. The Hall–Kier alpha value is -1.40. The van der Waals surface area contributed by atoms with E-state index in [0.717, 1.165) is 0 Å². The van der Waals surface area contributed by atoms with Gasteiger partial charge in [0.25, 0.3) is 0 Å². The molecule has 0 saturated carbocycles. The summed E-state index contributed by atoms with van der Waals surface area (Å²) in [5.74, 6) is -0.853. The zero-order chi connectivity index (χ0) is 13.1. The Labute approximate surface area is 101 Å². The van der Waals surface area contributed by atoms with E-state index in [4.69, 9.17) is 9.88 Å². The van der Waals surface area contributed by atoms with Gasteiger partial charge >= 0.3 is 5.97 Å². The Morgan fingerprint density at radius 2 is 1.76 bits per heavy atom. The summed E-state index contributed by atoms with van der Waals surface area (Å²) in [5.41, 5.74) is 0.306. The summed E-state index contributed by atoms with van der Waals surface area (Å²) in [6, 6.07) is 8.04. The molecule has 0 heterocycles. The number of benzene rings is 1. The van der Waals surface area contributed by atoms with E-state index in [9.17, 15) is 13.2 Å². The molecule has 0 saturated heterocycles. The van der Waals surface area contributed by atoms with Gasteiger partial charge in [-0.3, -0.25) is 4.79 Å². The molecule has 0 bridgehead atoms. The van der Waals surface area contributed by atoms with Gasteiger partial charge in [-0.25, -0.2) is 13.6 Å². The average molecular weight is 257 g/mol. The largest absolute Gasteiger partial charge is 0.462 e. The van der Waals surface area contributed by atoms with Gasteiger partial charge in [-0.05, 0) is 19.4 Å². The van der Waals surface area contributed by atoms with Crippen LogP contribution in [0, 0.1) is 0 Å². The Kier molecular flexibility index (Phi) is 4.25. The molecule has 17 heavy (non-hydrogen) atoms. The minimum Gasteiger partial charge on any atom is -0.462 e. The molecule has 5 nitrogen and oxygen atoms in total. The van der Waals surface area contributed by atoms with E-state index in [1.165, 1.54) is 12.1 Å². The van der Waals surface area contributed by atoms with Crippen LogP contribution >= 0.6 is 0 Å². The van der Waals surface area contributed by atoms with Crippen molar-refractivity contribution in [1.82, 2.24) is 0 Å². The fourth-order valence-electron chi connectivity index (χ4n) is 1.38. The summed E-state index contributed by atoms with van der Waals surface area (Å²) in [4.78, 5) is 11.7. The fraction of sp³-hybridized carbons (Fsp3) is 0.364. The maximum Gasteiger partial charge on any atom is 0.330 e. The highest BCUT2D eigenvalue weighted by atomic mass is 32.2. The minimum absolute atomic E-state index is 0.306.